The van der Waals surface area contributed by atoms with Gasteiger partial charge in [-0.3, -0.25) is 0 Å². The van der Waals surface area contributed by atoms with Gasteiger partial charge in [0, 0.05) is 32.6 Å². The van der Waals surface area contributed by atoms with Crippen LogP contribution in [0.4, 0.5) is 4.79 Å². The number of hydrogen-bond acceptors (Lipinski definition) is 4. The van der Waals surface area contributed by atoms with Crippen molar-refractivity contribution in [3.63, 3.8) is 0 Å². The fourth-order valence-corrected chi connectivity index (χ4v) is 2.29. The molecule has 2 rings (SSSR count). The van der Waals surface area contributed by atoms with E-state index in [4.69, 9.17) is 4.74 Å². The van der Waals surface area contributed by atoms with Gasteiger partial charge in [-0.2, -0.15) is 0 Å². The molecule has 5 nitrogen and oxygen atoms in total. The molecule has 0 saturated carbocycles. The zero-order chi connectivity index (χ0) is 14.4. The molecule has 1 aromatic carbocycles. The Labute approximate surface area is 119 Å². The minimum absolute atomic E-state index is 0.222. The van der Waals surface area contributed by atoms with Crippen LogP contribution in [-0.4, -0.2) is 48.9 Å². The van der Waals surface area contributed by atoms with E-state index < -0.39 is 0 Å². The molecule has 2 N–H and O–H groups in total. The molecule has 0 bridgehead atoms. The molecule has 5 heteroatoms. The number of amides is 1. The highest BCUT2D eigenvalue weighted by Gasteiger charge is 2.25. The molecule has 0 unspecified atom stereocenters. The molecule has 1 aromatic rings. The van der Waals surface area contributed by atoms with Crippen molar-refractivity contribution in [3.05, 3.63) is 35.9 Å². The third kappa shape index (κ3) is 4.21. The molecule has 0 aromatic heterocycles. The number of aliphatic hydroxyl groups excluding tert-OH is 1. The number of carbonyl (C=O) groups excluding carboxylic acids is 1. The van der Waals surface area contributed by atoms with Crippen molar-refractivity contribution in [3.8, 4) is 0 Å². The first-order valence-electron chi connectivity index (χ1n) is 6.97. The molecule has 1 heterocycles. The summed E-state index contributed by atoms with van der Waals surface area (Å²) in [5.41, 5.74) is 0.977. The normalized spacial score (nSPS) is 21.7. The van der Waals surface area contributed by atoms with Gasteiger partial charge in [0.05, 0.1) is 6.10 Å². The van der Waals surface area contributed by atoms with E-state index in [0.717, 1.165) is 18.5 Å². The van der Waals surface area contributed by atoms with Crippen LogP contribution in [0.15, 0.2) is 30.3 Å². The number of aliphatic hydroxyl groups is 1. The first-order chi connectivity index (χ1) is 9.66. The summed E-state index contributed by atoms with van der Waals surface area (Å²) in [7, 11) is 1.72. The summed E-state index contributed by atoms with van der Waals surface area (Å²) >= 11 is 0. The summed E-state index contributed by atoms with van der Waals surface area (Å²) in [6, 6.07) is 9.61. The van der Waals surface area contributed by atoms with Gasteiger partial charge in [-0.15, -0.1) is 0 Å². The van der Waals surface area contributed by atoms with Gasteiger partial charge < -0.3 is 20.1 Å². The van der Waals surface area contributed by atoms with Crippen molar-refractivity contribution < 1.29 is 14.6 Å². The molecule has 1 fully saturated rings. The van der Waals surface area contributed by atoms with E-state index in [0.29, 0.717) is 13.1 Å². The maximum absolute atomic E-state index is 11.8. The first-order valence-corrected chi connectivity index (χ1v) is 6.97. The summed E-state index contributed by atoms with van der Waals surface area (Å²) in [6.07, 6.45) is 0.156. The Morgan fingerprint density at radius 1 is 1.40 bits per heavy atom. The maximum Gasteiger partial charge on any atom is 0.409 e. The third-order valence-electron chi connectivity index (χ3n) is 3.66. The van der Waals surface area contributed by atoms with Crippen LogP contribution in [0.5, 0.6) is 0 Å². The van der Waals surface area contributed by atoms with Gasteiger partial charge in [0.2, 0.25) is 0 Å². The van der Waals surface area contributed by atoms with Crippen LogP contribution in [0.1, 0.15) is 12.0 Å². The highest BCUT2D eigenvalue weighted by atomic mass is 16.6. The van der Waals surface area contributed by atoms with Gasteiger partial charge in [0.15, 0.2) is 0 Å². The lowest BCUT2D eigenvalue weighted by Crippen LogP contribution is -2.31. The van der Waals surface area contributed by atoms with E-state index in [1.54, 1.807) is 11.9 Å². The van der Waals surface area contributed by atoms with Gasteiger partial charge in [-0.1, -0.05) is 30.3 Å². The Balaban J connectivity index is 1.69. The lowest BCUT2D eigenvalue weighted by molar-refractivity contribution is 0.0963. The van der Waals surface area contributed by atoms with Crippen LogP contribution in [-0.2, 0) is 11.3 Å². The summed E-state index contributed by atoms with van der Waals surface area (Å²) in [5.74, 6) is 0.222. The molecular weight excluding hydrogens is 256 g/mol. The van der Waals surface area contributed by atoms with E-state index in [1.165, 1.54) is 0 Å². The largest absolute Gasteiger partial charge is 0.445 e. The second-order valence-corrected chi connectivity index (χ2v) is 5.24. The van der Waals surface area contributed by atoms with Gasteiger partial charge in [0.1, 0.15) is 6.61 Å². The van der Waals surface area contributed by atoms with Crippen molar-refractivity contribution in [1.29, 1.82) is 0 Å². The molecular formula is C15H22N2O3. The predicted octanol–water partition coefficient (Wildman–Crippen LogP) is 1.23. The van der Waals surface area contributed by atoms with E-state index >= 15 is 0 Å². The smallest absolute Gasteiger partial charge is 0.409 e. The summed E-state index contributed by atoms with van der Waals surface area (Å²) in [6.45, 7) is 2.34. The van der Waals surface area contributed by atoms with Crippen LogP contribution in [0, 0.1) is 5.92 Å². The van der Waals surface area contributed by atoms with Crippen molar-refractivity contribution in [2.45, 2.75) is 19.1 Å². The fourth-order valence-electron chi connectivity index (χ4n) is 2.29. The summed E-state index contributed by atoms with van der Waals surface area (Å²) in [5, 5.41) is 12.8. The Morgan fingerprint density at radius 2 is 2.15 bits per heavy atom. The average molecular weight is 278 g/mol. The predicted molar refractivity (Wildman–Crippen MR) is 76.2 cm³/mol. The number of nitrogens with zero attached hydrogens (tertiary/aromatic N) is 1. The molecule has 1 aliphatic heterocycles. The molecule has 1 aliphatic rings. The molecule has 2 atom stereocenters. The highest BCUT2D eigenvalue weighted by molar-refractivity contribution is 5.67. The lowest BCUT2D eigenvalue weighted by atomic mass is 10.0. The second kappa shape index (κ2) is 7.26. The van der Waals surface area contributed by atoms with Crippen LogP contribution in [0.3, 0.4) is 0 Å². The quantitative estimate of drug-likeness (QED) is 0.850. The Kier molecular flexibility index (Phi) is 5.38. The average Bonchev–Trinajstić information content (AvgIpc) is 2.88. The molecule has 0 radical (unpaired) electrons. The number of ether oxygens (including phenoxy) is 1. The number of rotatable bonds is 5. The molecule has 110 valence electrons. The van der Waals surface area contributed by atoms with Crippen LogP contribution >= 0.6 is 0 Å². The Morgan fingerprint density at radius 3 is 2.80 bits per heavy atom. The van der Waals surface area contributed by atoms with E-state index in [9.17, 15) is 9.90 Å². The molecule has 1 saturated heterocycles. The van der Waals surface area contributed by atoms with Crippen molar-refractivity contribution in [2.24, 2.45) is 5.92 Å². The molecule has 0 aliphatic carbocycles. The fraction of sp³-hybridized carbons (Fsp3) is 0.533. The number of carbonyl (C=O) groups is 1. The van der Waals surface area contributed by atoms with Crippen molar-refractivity contribution >= 4 is 6.09 Å². The van der Waals surface area contributed by atoms with Crippen LogP contribution in [0.25, 0.3) is 0 Å². The van der Waals surface area contributed by atoms with Crippen molar-refractivity contribution in [2.75, 3.05) is 26.7 Å². The number of β-amino-alcohol motifs (C(OH)–C–C–N with tert-alkyl or cyclic N) is 1. The number of benzene rings is 1. The van der Waals surface area contributed by atoms with Crippen LogP contribution in [0.2, 0.25) is 0 Å². The monoisotopic (exact) mass is 278 g/mol. The van der Waals surface area contributed by atoms with Gasteiger partial charge >= 0.3 is 6.09 Å². The van der Waals surface area contributed by atoms with Crippen molar-refractivity contribution in [1.82, 2.24) is 10.2 Å². The second-order valence-electron chi connectivity index (χ2n) is 5.24. The molecule has 20 heavy (non-hydrogen) atoms. The van der Waals surface area contributed by atoms with Crippen LogP contribution < -0.4 is 5.32 Å². The van der Waals surface area contributed by atoms with E-state index in [-0.39, 0.29) is 24.7 Å². The number of hydrogen-bond donors (Lipinski definition) is 2. The SMILES string of the molecule is CN(CC[C@@H]1CNC[C@H]1O)C(=O)OCc1ccccc1. The van der Waals surface area contributed by atoms with E-state index in [2.05, 4.69) is 5.32 Å². The van der Waals surface area contributed by atoms with Gasteiger partial charge in [-0.25, -0.2) is 4.79 Å². The zero-order valence-corrected chi connectivity index (χ0v) is 11.8. The topological polar surface area (TPSA) is 61.8 Å². The highest BCUT2D eigenvalue weighted by Crippen LogP contribution is 2.14. The number of nitrogens with one attached hydrogen (secondary N) is 1. The Bertz CT molecular complexity index is 424. The van der Waals surface area contributed by atoms with E-state index in [1.807, 2.05) is 30.3 Å². The van der Waals surface area contributed by atoms with Gasteiger partial charge in [0.25, 0.3) is 0 Å². The summed E-state index contributed by atoms with van der Waals surface area (Å²) in [4.78, 5) is 13.4. The zero-order valence-electron chi connectivity index (χ0n) is 11.8. The van der Waals surface area contributed by atoms with Gasteiger partial charge in [-0.05, 0) is 12.0 Å². The minimum Gasteiger partial charge on any atom is -0.445 e. The lowest BCUT2D eigenvalue weighted by Gasteiger charge is -2.20. The summed E-state index contributed by atoms with van der Waals surface area (Å²) < 4.78 is 5.24. The first kappa shape index (κ1) is 14.8. The maximum atomic E-state index is 11.8. The molecule has 1 amide bonds. The Hall–Kier alpha value is -1.59. The third-order valence-corrected chi connectivity index (χ3v) is 3.66. The standard InChI is InChI=1S/C15H22N2O3/c1-17(8-7-13-9-16-10-14(13)18)15(19)20-11-12-5-3-2-4-6-12/h2-6,13-14,16,18H,7-11H2,1H3/t13-,14-/m1/s1. The minimum atomic E-state index is -0.325. The molecule has 0 spiro atoms.